The molecule has 0 atom stereocenters. The normalized spacial score (nSPS) is 11.0. The lowest BCUT2D eigenvalue weighted by Crippen LogP contribution is -2.15. The van der Waals surface area contributed by atoms with Crippen LogP contribution in [-0.2, 0) is 0 Å². The summed E-state index contributed by atoms with van der Waals surface area (Å²) in [7, 11) is 0. The van der Waals surface area contributed by atoms with Gasteiger partial charge in [-0.15, -0.1) is 0 Å². The molecule has 0 radical (unpaired) electrons. The largest absolute Gasteiger partial charge is 0.459 e. The number of nitrogens with two attached hydrogens (primary N) is 1. The standard InChI is InChI=1S/C16H18N4O2/c1-3-14(20-19-11(2)17)12-6-8-13(9-7-12)18-16(21)15-5-4-10-22-15/h4-10,19H,2-3,17H2,1H3,(H,18,21)/b20-14+. The van der Waals surface area contributed by atoms with E-state index in [1.807, 2.05) is 19.1 Å². The van der Waals surface area contributed by atoms with Crippen molar-refractivity contribution in [3.8, 4) is 0 Å². The predicted octanol–water partition coefficient (Wildman–Crippen LogP) is 2.67. The Labute approximate surface area is 128 Å². The van der Waals surface area contributed by atoms with E-state index in [9.17, 15) is 4.79 Å². The van der Waals surface area contributed by atoms with E-state index in [-0.39, 0.29) is 17.5 Å². The van der Waals surface area contributed by atoms with Crippen molar-refractivity contribution in [1.29, 1.82) is 0 Å². The van der Waals surface area contributed by atoms with Crippen LogP contribution in [0, 0.1) is 0 Å². The Kier molecular flexibility index (Phi) is 4.98. The minimum Gasteiger partial charge on any atom is -0.459 e. The fourth-order valence-corrected chi connectivity index (χ4v) is 1.83. The third kappa shape index (κ3) is 3.99. The molecule has 2 rings (SSSR count). The third-order valence-corrected chi connectivity index (χ3v) is 2.89. The number of amides is 1. The highest BCUT2D eigenvalue weighted by atomic mass is 16.3. The maximum Gasteiger partial charge on any atom is 0.291 e. The molecule has 1 amide bonds. The van der Waals surface area contributed by atoms with Gasteiger partial charge in [-0.3, -0.25) is 10.2 Å². The maximum absolute atomic E-state index is 11.9. The van der Waals surface area contributed by atoms with Crippen LogP contribution in [-0.4, -0.2) is 11.6 Å². The van der Waals surface area contributed by atoms with E-state index in [4.69, 9.17) is 10.2 Å². The van der Waals surface area contributed by atoms with E-state index in [2.05, 4.69) is 22.4 Å². The molecule has 0 aliphatic heterocycles. The van der Waals surface area contributed by atoms with Crippen molar-refractivity contribution in [2.45, 2.75) is 13.3 Å². The summed E-state index contributed by atoms with van der Waals surface area (Å²) in [4.78, 5) is 11.9. The van der Waals surface area contributed by atoms with E-state index < -0.39 is 0 Å². The maximum atomic E-state index is 11.9. The van der Waals surface area contributed by atoms with Crippen molar-refractivity contribution in [1.82, 2.24) is 5.43 Å². The topological polar surface area (TPSA) is 92.6 Å². The molecule has 0 saturated heterocycles. The molecule has 1 aromatic heterocycles. The number of hydrogen-bond donors (Lipinski definition) is 3. The van der Waals surface area contributed by atoms with Crippen LogP contribution in [0.2, 0.25) is 0 Å². The van der Waals surface area contributed by atoms with E-state index in [0.717, 1.165) is 17.7 Å². The number of anilines is 1. The molecule has 1 aromatic carbocycles. The highest BCUT2D eigenvalue weighted by molar-refractivity contribution is 6.03. The van der Waals surface area contributed by atoms with Crippen LogP contribution in [0.1, 0.15) is 29.5 Å². The van der Waals surface area contributed by atoms with Gasteiger partial charge in [0.05, 0.1) is 12.0 Å². The van der Waals surface area contributed by atoms with Crippen LogP contribution in [0.5, 0.6) is 0 Å². The number of carbonyl (C=O) groups excluding carboxylic acids is 1. The molecule has 0 saturated carbocycles. The molecule has 2 aromatic rings. The van der Waals surface area contributed by atoms with Gasteiger partial charge in [0.15, 0.2) is 5.76 Å². The molecule has 0 unspecified atom stereocenters. The smallest absolute Gasteiger partial charge is 0.291 e. The first-order chi connectivity index (χ1) is 10.6. The molecule has 22 heavy (non-hydrogen) atoms. The Hall–Kier alpha value is -3.02. The highest BCUT2D eigenvalue weighted by Gasteiger charge is 2.09. The molecule has 0 bridgehead atoms. The van der Waals surface area contributed by atoms with Crippen LogP contribution in [0.25, 0.3) is 0 Å². The molecular weight excluding hydrogens is 280 g/mol. The number of nitrogens with zero attached hydrogens (tertiary/aromatic N) is 1. The second-order valence-electron chi connectivity index (χ2n) is 4.56. The first kappa shape index (κ1) is 15.4. The average Bonchev–Trinajstić information content (AvgIpc) is 3.03. The summed E-state index contributed by atoms with van der Waals surface area (Å²) >= 11 is 0. The number of nitrogens with one attached hydrogen (secondary N) is 2. The van der Waals surface area contributed by atoms with Gasteiger partial charge in [0.2, 0.25) is 0 Å². The number of furan rings is 1. The van der Waals surface area contributed by atoms with Gasteiger partial charge in [-0.2, -0.15) is 5.10 Å². The Balaban J connectivity index is 2.07. The zero-order valence-corrected chi connectivity index (χ0v) is 12.3. The lowest BCUT2D eigenvalue weighted by atomic mass is 10.1. The number of rotatable bonds is 6. The van der Waals surface area contributed by atoms with Crippen molar-refractivity contribution < 1.29 is 9.21 Å². The van der Waals surface area contributed by atoms with Crippen molar-refractivity contribution >= 4 is 17.3 Å². The molecule has 1 heterocycles. The molecule has 0 aliphatic carbocycles. The fraction of sp³-hybridized carbons (Fsp3) is 0.125. The SMILES string of the molecule is C=C(N)N/N=C(\CC)c1ccc(NC(=O)c2ccco2)cc1. The van der Waals surface area contributed by atoms with Crippen molar-refractivity contribution in [3.63, 3.8) is 0 Å². The summed E-state index contributed by atoms with van der Waals surface area (Å²) in [5.74, 6) is 0.266. The molecular formula is C16H18N4O2. The van der Waals surface area contributed by atoms with Gasteiger partial charge in [-0.05, 0) is 36.2 Å². The zero-order valence-electron chi connectivity index (χ0n) is 12.3. The summed E-state index contributed by atoms with van der Waals surface area (Å²) in [6.07, 6.45) is 2.19. The minimum atomic E-state index is -0.289. The lowest BCUT2D eigenvalue weighted by molar-refractivity contribution is 0.0996. The van der Waals surface area contributed by atoms with Crippen LogP contribution in [0.4, 0.5) is 5.69 Å². The van der Waals surface area contributed by atoms with Gasteiger partial charge in [0.1, 0.15) is 5.82 Å². The van der Waals surface area contributed by atoms with Gasteiger partial charge in [0.25, 0.3) is 5.91 Å². The van der Waals surface area contributed by atoms with E-state index >= 15 is 0 Å². The molecule has 4 N–H and O–H groups in total. The predicted molar refractivity (Wildman–Crippen MR) is 86.4 cm³/mol. The second kappa shape index (κ2) is 7.12. The Morgan fingerprint density at radius 2 is 2.05 bits per heavy atom. The number of carbonyl (C=O) groups is 1. The summed E-state index contributed by atoms with van der Waals surface area (Å²) in [5.41, 5.74) is 10.5. The average molecular weight is 298 g/mol. The highest BCUT2D eigenvalue weighted by Crippen LogP contribution is 2.13. The van der Waals surface area contributed by atoms with Crippen molar-refractivity contribution in [2.75, 3.05) is 5.32 Å². The summed E-state index contributed by atoms with van der Waals surface area (Å²) in [6, 6.07) is 10.6. The monoisotopic (exact) mass is 298 g/mol. The van der Waals surface area contributed by atoms with Crippen LogP contribution in [0.15, 0.2) is 64.6 Å². The zero-order chi connectivity index (χ0) is 15.9. The fourth-order valence-electron chi connectivity index (χ4n) is 1.83. The van der Waals surface area contributed by atoms with E-state index in [1.165, 1.54) is 6.26 Å². The Bertz CT molecular complexity index is 673. The molecule has 0 aliphatic rings. The molecule has 6 heteroatoms. The Morgan fingerprint density at radius 3 is 2.59 bits per heavy atom. The number of hydrogen-bond acceptors (Lipinski definition) is 5. The molecule has 0 spiro atoms. The summed E-state index contributed by atoms with van der Waals surface area (Å²) < 4.78 is 5.04. The quantitative estimate of drug-likeness (QED) is 0.564. The molecule has 0 fully saturated rings. The molecule has 114 valence electrons. The molecule has 6 nitrogen and oxygen atoms in total. The minimum absolute atomic E-state index is 0.269. The van der Waals surface area contributed by atoms with E-state index in [0.29, 0.717) is 5.69 Å². The summed E-state index contributed by atoms with van der Waals surface area (Å²) in [6.45, 7) is 5.52. The van der Waals surface area contributed by atoms with Gasteiger partial charge in [-0.25, -0.2) is 0 Å². The van der Waals surface area contributed by atoms with Gasteiger partial charge in [0, 0.05) is 5.69 Å². The second-order valence-corrected chi connectivity index (χ2v) is 4.56. The van der Waals surface area contributed by atoms with Gasteiger partial charge >= 0.3 is 0 Å². The first-order valence-corrected chi connectivity index (χ1v) is 6.82. The van der Waals surface area contributed by atoms with Crippen molar-refractivity contribution in [2.24, 2.45) is 10.8 Å². The van der Waals surface area contributed by atoms with E-state index in [1.54, 1.807) is 24.3 Å². The van der Waals surface area contributed by atoms with Crippen LogP contribution in [0.3, 0.4) is 0 Å². The van der Waals surface area contributed by atoms with Crippen molar-refractivity contribution in [3.05, 3.63) is 66.4 Å². The Morgan fingerprint density at radius 1 is 1.32 bits per heavy atom. The van der Waals surface area contributed by atoms with Crippen LogP contribution >= 0.6 is 0 Å². The third-order valence-electron chi connectivity index (χ3n) is 2.89. The van der Waals surface area contributed by atoms with Crippen LogP contribution < -0.4 is 16.5 Å². The number of benzene rings is 1. The number of hydrazone groups is 1. The lowest BCUT2D eigenvalue weighted by Gasteiger charge is -2.07. The first-order valence-electron chi connectivity index (χ1n) is 6.82. The van der Waals surface area contributed by atoms with Gasteiger partial charge in [-0.1, -0.05) is 25.6 Å². The van der Waals surface area contributed by atoms with Gasteiger partial charge < -0.3 is 15.5 Å². The summed E-state index contributed by atoms with van der Waals surface area (Å²) in [5, 5.41) is 6.94.